The van der Waals surface area contributed by atoms with Crippen LogP contribution in [-0.2, 0) is 13.2 Å². The van der Waals surface area contributed by atoms with Gasteiger partial charge in [0.2, 0.25) is 0 Å². The molecule has 0 atom stereocenters. The zero-order valence-corrected chi connectivity index (χ0v) is 19.9. The summed E-state index contributed by atoms with van der Waals surface area (Å²) in [5.41, 5.74) is 1.74. The molecular weight excluding hydrogens is 444 g/mol. The van der Waals surface area contributed by atoms with Gasteiger partial charge in [0.25, 0.3) is 0 Å². The van der Waals surface area contributed by atoms with Gasteiger partial charge in [0.1, 0.15) is 5.75 Å². The molecule has 0 N–H and O–H groups in total. The lowest BCUT2D eigenvalue weighted by molar-refractivity contribution is 0.0803. The number of piperidine rings is 1. The number of Topliss-reactive ketones (excluding diaryl/α,β-unsaturated/α-hetero) is 1. The molecule has 2 heterocycles. The first-order valence-electron chi connectivity index (χ1n) is 10.8. The maximum atomic E-state index is 12.9. The van der Waals surface area contributed by atoms with Crippen LogP contribution >= 0.6 is 23.8 Å². The van der Waals surface area contributed by atoms with Gasteiger partial charge in [0, 0.05) is 41.7 Å². The molecule has 0 aliphatic carbocycles. The van der Waals surface area contributed by atoms with E-state index in [1.807, 2.05) is 57.8 Å². The van der Waals surface area contributed by atoms with E-state index < -0.39 is 0 Å². The summed E-state index contributed by atoms with van der Waals surface area (Å²) >= 11 is 11.7. The number of hydrogen-bond acceptors (Lipinski definition) is 5. The number of halogens is 1. The average molecular weight is 471 g/mol. The van der Waals surface area contributed by atoms with Gasteiger partial charge in [0.05, 0.1) is 13.8 Å². The summed E-state index contributed by atoms with van der Waals surface area (Å²) in [5, 5.41) is 5.50. The number of ketones is 1. The van der Waals surface area contributed by atoms with Gasteiger partial charge in [-0.2, -0.15) is 5.10 Å². The summed E-state index contributed by atoms with van der Waals surface area (Å²) in [6.07, 6.45) is 1.66. The number of carbonyl (C=O) groups is 1. The second-order valence-corrected chi connectivity index (χ2v) is 8.78. The van der Waals surface area contributed by atoms with E-state index in [9.17, 15) is 4.79 Å². The first-order chi connectivity index (χ1) is 15.5. The molecule has 1 fully saturated rings. The third-order valence-electron chi connectivity index (χ3n) is 6.01. The van der Waals surface area contributed by atoms with Crippen LogP contribution in [0.15, 0.2) is 48.5 Å². The van der Waals surface area contributed by atoms with Crippen LogP contribution in [0.1, 0.15) is 30.1 Å². The molecule has 0 amide bonds. The highest BCUT2D eigenvalue weighted by Crippen LogP contribution is 2.25. The zero-order chi connectivity index (χ0) is 22.7. The number of likely N-dealkylation sites (tertiary alicyclic amines) is 1. The molecule has 1 aliphatic heterocycles. The first-order valence-corrected chi connectivity index (χ1v) is 11.6. The van der Waals surface area contributed by atoms with Crippen molar-refractivity contribution in [2.75, 3.05) is 20.2 Å². The van der Waals surface area contributed by atoms with Crippen molar-refractivity contribution in [2.24, 2.45) is 5.92 Å². The lowest BCUT2D eigenvalue weighted by Gasteiger charge is -2.30. The fourth-order valence-corrected chi connectivity index (χ4v) is 4.59. The SMILES string of the molecule is CCn1c(-c2ccc(Cl)cc2)nn(CN2CCC(C(=O)c3ccc(OC)cc3)CC2)c1=S. The molecule has 0 bridgehead atoms. The summed E-state index contributed by atoms with van der Waals surface area (Å²) in [4.78, 5) is 15.2. The van der Waals surface area contributed by atoms with E-state index in [1.165, 1.54) is 0 Å². The van der Waals surface area contributed by atoms with E-state index in [-0.39, 0.29) is 11.7 Å². The predicted molar refractivity (Wildman–Crippen MR) is 129 cm³/mol. The normalized spacial score (nSPS) is 15.1. The number of carbonyl (C=O) groups excluding carboxylic acids is 1. The van der Waals surface area contributed by atoms with E-state index in [4.69, 9.17) is 33.7 Å². The Labute approximate surface area is 198 Å². The minimum Gasteiger partial charge on any atom is -0.497 e. The Bertz CT molecular complexity index is 1130. The lowest BCUT2D eigenvalue weighted by atomic mass is 9.89. The molecule has 1 aliphatic rings. The second-order valence-electron chi connectivity index (χ2n) is 7.98. The van der Waals surface area contributed by atoms with E-state index in [0.29, 0.717) is 16.5 Å². The Morgan fingerprint density at radius 1 is 1.12 bits per heavy atom. The molecule has 1 aromatic heterocycles. The third-order valence-corrected chi connectivity index (χ3v) is 6.69. The monoisotopic (exact) mass is 470 g/mol. The van der Waals surface area contributed by atoms with Crippen molar-refractivity contribution in [3.63, 3.8) is 0 Å². The van der Waals surface area contributed by atoms with Crippen molar-refractivity contribution >= 4 is 29.6 Å². The van der Waals surface area contributed by atoms with Crippen LogP contribution in [0.25, 0.3) is 11.4 Å². The minimum absolute atomic E-state index is 0.0467. The number of aromatic nitrogens is 3. The van der Waals surface area contributed by atoms with Crippen LogP contribution in [0.2, 0.25) is 5.02 Å². The highest BCUT2D eigenvalue weighted by molar-refractivity contribution is 7.71. The molecule has 6 nitrogen and oxygen atoms in total. The smallest absolute Gasteiger partial charge is 0.199 e. The van der Waals surface area contributed by atoms with Crippen molar-refractivity contribution in [2.45, 2.75) is 33.0 Å². The largest absolute Gasteiger partial charge is 0.497 e. The molecule has 168 valence electrons. The molecule has 0 unspecified atom stereocenters. The van der Waals surface area contributed by atoms with Crippen LogP contribution in [-0.4, -0.2) is 45.2 Å². The van der Waals surface area contributed by atoms with E-state index in [2.05, 4.69) is 11.8 Å². The predicted octanol–water partition coefficient (Wildman–Crippen LogP) is 5.32. The van der Waals surface area contributed by atoms with E-state index >= 15 is 0 Å². The number of hydrogen-bond donors (Lipinski definition) is 0. The second kappa shape index (κ2) is 9.98. The van der Waals surface area contributed by atoms with Crippen molar-refractivity contribution in [1.29, 1.82) is 0 Å². The number of benzene rings is 2. The fraction of sp³-hybridized carbons (Fsp3) is 0.375. The zero-order valence-electron chi connectivity index (χ0n) is 18.3. The van der Waals surface area contributed by atoms with Gasteiger partial charge < -0.3 is 9.30 Å². The molecular formula is C24H27ClN4O2S. The fourth-order valence-electron chi connectivity index (χ4n) is 4.15. The van der Waals surface area contributed by atoms with Gasteiger partial charge >= 0.3 is 0 Å². The molecule has 0 radical (unpaired) electrons. The molecule has 8 heteroatoms. The Balaban J connectivity index is 1.42. The van der Waals surface area contributed by atoms with E-state index in [0.717, 1.165) is 55.2 Å². The minimum atomic E-state index is 0.0467. The molecule has 1 saturated heterocycles. The Hall–Kier alpha value is -2.48. The van der Waals surface area contributed by atoms with Gasteiger partial charge in [-0.15, -0.1) is 0 Å². The van der Waals surface area contributed by atoms with Crippen LogP contribution in [0.5, 0.6) is 5.75 Å². The maximum absolute atomic E-state index is 12.9. The number of nitrogens with zero attached hydrogens (tertiary/aromatic N) is 4. The molecule has 0 saturated carbocycles. The summed E-state index contributed by atoms with van der Waals surface area (Å²) in [7, 11) is 1.63. The summed E-state index contributed by atoms with van der Waals surface area (Å²) in [5.74, 6) is 1.87. The topological polar surface area (TPSA) is 52.3 Å². The quantitative estimate of drug-likeness (QED) is 0.345. The molecule has 32 heavy (non-hydrogen) atoms. The Morgan fingerprint density at radius 3 is 2.38 bits per heavy atom. The highest BCUT2D eigenvalue weighted by Gasteiger charge is 2.26. The average Bonchev–Trinajstić information content (AvgIpc) is 3.14. The molecule has 4 rings (SSSR count). The maximum Gasteiger partial charge on any atom is 0.199 e. The number of rotatable bonds is 7. The van der Waals surface area contributed by atoms with Crippen molar-refractivity contribution in [1.82, 2.24) is 19.2 Å². The van der Waals surface area contributed by atoms with Crippen LogP contribution in [0.4, 0.5) is 0 Å². The Kier molecular flexibility index (Phi) is 7.08. The summed E-state index contributed by atoms with van der Waals surface area (Å²) in [6.45, 7) is 5.11. The van der Waals surface area contributed by atoms with Crippen LogP contribution < -0.4 is 4.74 Å². The van der Waals surface area contributed by atoms with Crippen LogP contribution in [0, 0.1) is 10.7 Å². The number of ether oxygens (including phenoxy) is 1. The summed E-state index contributed by atoms with van der Waals surface area (Å²) < 4.78 is 9.81. The van der Waals surface area contributed by atoms with Crippen molar-refractivity contribution < 1.29 is 9.53 Å². The Morgan fingerprint density at radius 2 is 1.78 bits per heavy atom. The van der Waals surface area contributed by atoms with Crippen LogP contribution in [0.3, 0.4) is 0 Å². The first kappa shape index (κ1) is 22.7. The third kappa shape index (κ3) is 4.80. The van der Waals surface area contributed by atoms with Gasteiger partial charge in [0.15, 0.2) is 16.4 Å². The molecule has 2 aromatic carbocycles. The van der Waals surface area contributed by atoms with Crippen molar-refractivity contribution in [3.05, 3.63) is 63.9 Å². The highest BCUT2D eigenvalue weighted by atomic mass is 35.5. The van der Waals surface area contributed by atoms with Gasteiger partial charge in [-0.3, -0.25) is 9.69 Å². The van der Waals surface area contributed by atoms with Gasteiger partial charge in [-0.1, -0.05) is 11.6 Å². The number of methoxy groups -OCH3 is 1. The van der Waals surface area contributed by atoms with Gasteiger partial charge in [-0.05, 0) is 80.5 Å². The van der Waals surface area contributed by atoms with E-state index in [1.54, 1.807) is 7.11 Å². The molecule has 0 spiro atoms. The van der Waals surface area contributed by atoms with Crippen molar-refractivity contribution in [3.8, 4) is 17.1 Å². The van der Waals surface area contributed by atoms with Gasteiger partial charge in [-0.25, -0.2) is 4.68 Å². The molecule has 3 aromatic rings. The summed E-state index contributed by atoms with van der Waals surface area (Å²) in [6, 6.07) is 15.0. The lowest BCUT2D eigenvalue weighted by Crippen LogP contribution is -2.37. The standard InChI is InChI=1S/C24H27ClN4O2S/c1-3-28-23(19-4-8-20(25)9-5-19)26-29(24(28)32)16-27-14-12-18(13-15-27)22(30)17-6-10-21(31-2)11-7-17/h4-11,18H,3,12-16H2,1-2H3.